The molecule has 1 fully saturated rings. The molecule has 1 aromatic rings. The second kappa shape index (κ2) is 5.05. The molecule has 3 heteroatoms. The summed E-state index contributed by atoms with van der Waals surface area (Å²) in [4.78, 5) is 12.6. The molecule has 0 aromatic heterocycles. The topological polar surface area (TPSA) is 50.1 Å². The molecular weight excluding hydrogens is 238 g/mol. The smallest absolute Gasteiger partial charge is 0.186 e. The number of carbonyl (C=O) groups is 1. The molecule has 1 aliphatic carbocycles. The van der Waals surface area contributed by atoms with Crippen molar-refractivity contribution >= 4 is 5.78 Å². The van der Waals surface area contributed by atoms with E-state index in [0.29, 0.717) is 30.1 Å². The molecule has 0 spiro atoms. The van der Waals surface area contributed by atoms with Crippen molar-refractivity contribution in [3.05, 3.63) is 29.3 Å². The number of nitriles is 1. The third kappa shape index (κ3) is 2.23. The molecule has 0 N–H and O–H groups in total. The van der Waals surface area contributed by atoms with Crippen molar-refractivity contribution in [1.82, 2.24) is 0 Å². The Labute approximate surface area is 114 Å². The van der Waals surface area contributed by atoms with E-state index >= 15 is 0 Å². The molecule has 0 bridgehead atoms. The highest BCUT2D eigenvalue weighted by Crippen LogP contribution is 2.44. The highest BCUT2D eigenvalue weighted by molar-refractivity contribution is 6.05. The summed E-state index contributed by atoms with van der Waals surface area (Å²) in [5.41, 5.74) is 0.828. The Balaban J connectivity index is 2.45. The number of methoxy groups -OCH3 is 1. The standard InChI is InChI=1S/C16H19NO2/c1-11(2)12-5-6-14(19-3)13(9-12)15(18)16(10-17)7-4-8-16/h5-6,9,11H,4,7-8H2,1-3H3. The number of ketones is 1. The molecule has 0 amide bonds. The summed E-state index contributed by atoms with van der Waals surface area (Å²) in [6.07, 6.45) is 2.28. The summed E-state index contributed by atoms with van der Waals surface area (Å²) >= 11 is 0. The number of nitrogens with zero attached hydrogens (tertiary/aromatic N) is 1. The van der Waals surface area contributed by atoms with Gasteiger partial charge in [-0.05, 0) is 42.9 Å². The van der Waals surface area contributed by atoms with Crippen molar-refractivity contribution in [1.29, 1.82) is 5.26 Å². The average Bonchev–Trinajstić information content (AvgIpc) is 2.37. The molecule has 1 aliphatic rings. The van der Waals surface area contributed by atoms with E-state index in [2.05, 4.69) is 19.9 Å². The van der Waals surface area contributed by atoms with Crippen LogP contribution in [0, 0.1) is 16.7 Å². The third-order valence-electron chi connectivity index (χ3n) is 3.99. The van der Waals surface area contributed by atoms with Crippen molar-refractivity contribution in [2.75, 3.05) is 7.11 Å². The van der Waals surface area contributed by atoms with Crippen LogP contribution in [0.2, 0.25) is 0 Å². The van der Waals surface area contributed by atoms with Gasteiger partial charge < -0.3 is 4.74 Å². The van der Waals surface area contributed by atoms with Crippen LogP contribution < -0.4 is 4.74 Å². The number of hydrogen-bond donors (Lipinski definition) is 0. The summed E-state index contributed by atoms with van der Waals surface area (Å²) in [6.45, 7) is 4.17. The summed E-state index contributed by atoms with van der Waals surface area (Å²) in [6, 6.07) is 7.88. The van der Waals surface area contributed by atoms with Gasteiger partial charge in [-0.3, -0.25) is 4.79 Å². The Bertz CT molecular complexity index is 536. The van der Waals surface area contributed by atoms with Gasteiger partial charge in [-0.15, -0.1) is 0 Å². The minimum absolute atomic E-state index is 0.0828. The highest BCUT2D eigenvalue weighted by atomic mass is 16.5. The fourth-order valence-electron chi connectivity index (χ4n) is 2.44. The van der Waals surface area contributed by atoms with Gasteiger partial charge in [0.15, 0.2) is 5.78 Å². The molecule has 100 valence electrons. The van der Waals surface area contributed by atoms with Gasteiger partial charge >= 0.3 is 0 Å². The minimum atomic E-state index is -0.817. The maximum atomic E-state index is 12.6. The van der Waals surface area contributed by atoms with E-state index in [1.807, 2.05) is 18.2 Å². The third-order valence-corrected chi connectivity index (χ3v) is 3.99. The van der Waals surface area contributed by atoms with Crippen molar-refractivity contribution < 1.29 is 9.53 Å². The van der Waals surface area contributed by atoms with E-state index in [9.17, 15) is 10.1 Å². The first-order valence-electron chi connectivity index (χ1n) is 6.68. The number of ether oxygens (including phenoxy) is 1. The molecule has 0 unspecified atom stereocenters. The van der Waals surface area contributed by atoms with Gasteiger partial charge in [0.25, 0.3) is 0 Å². The van der Waals surface area contributed by atoms with E-state index in [0.717, 1.165) is 12.0 Å². The Morgan fingerprint density at radius 2 is 2.11 bits per heavy atom. The van der Waals surface area contributed by atoms with Crippen molar-refractivity contribution in [3.63, 3.8) is 0 Å². The van der Waals surface area contributed by atoms with E-state index in [1.54, 1.807) is 7.11 Å². The quantitative estimate of drug-likeness (QED) is 0.773. The van der Waals surface area contributed by atoms with Crippen LogP contribution in [0.4, 0.5) is 0 Å². The normalized spacial score (nSPS) is 16.6. The fraction of sp³-hybridized carbons (Fsp3) is 0.500. The van der Waals surface area contributed by atoms with Crippen molar-refractivity contribution in [3.8, 4) is 11.8 Å². The number of carbonyl (C=O) groups excluding carboxylic acids is 1. The predicted molar refractivity (Wildman–Crippen MR) is 73.3 cm³/mol. The van der Waals surface area contributed by atoms with Gasteiger partial charge in [0.05, 0.1) is 18.7 Å². The van der Waals surface area contributed by atoms with Crippen molar-refractivity contribution in [2.24, 2.45) is 5.41 Å². The van der Waals surface area contributed by atoms with Crippen LogP contribution in [-0.4, -0.2) is 12.9 Å². The van der Waals surface area contributed by atoms with Crippen LogP contribution in [0.3, 0.4) is 0 Å². The van der Waals surface area contributed by atoms with Crippen LogP contribution in [-0.2, 0) is 0 Å². The van der Waals surface area contributed by atoms with E-state index in [-0.39, 0.29) is 5.78 Å². The second-order valence-electron chi connectivity index (χ2n) is 5.49. The van der Waals surface area contributed by atoms with Gasteiger partial charge in [0, 0.05) is 0 Å². The zero-order valence-corrected chi connectivity index (χ0v) is 11.7. The zero-order chi connectivity index (χ0) is 14.0. The van der Waals surface area contributed by atoms with Crippen molar-refractivity contribution in [2.45, 2.75) is 39.0 Å². The molecule has 2 rings (SSSR count). The summed E-state index contributed by atoms with van der Waals surface area (Å²) < 4.78 is 5.28. The summed E-state index contributed by atoms with van der Waals surface area (Å²) in [7, 11) is 1.56. The van der Waals surface area contributed by atoms with Crippen LogP contribution in [0.25, 0.3) is 0 Å². The number of rotatable bonds is 4. The van der Waals surface area contributed by atoms with Crippen LogP contribution in [0.5, 0.6) is 5.75 Å². The molecule has 19 heavy (non-hydrogen) atoms. The Morgan fingerprint density at radius 1 is 1.42 bits per heavy atom. The Kier molecular flexibility index (Phi) is 3.61. The molecule has 1 aromatic carbocycles. The van der Waals surface area contributed by atoms with Crippen LogP contribution in [0.15, 0.2) is 18.2 Å². The molecule has 0 heterocycles. The largest absolute Gasteiger partial charge is 0.496 e. The molecule has 3 nitrogen and oxygen atoms in total. The summed E-state index contributed by atoms with van der Waals surface area (Å²) in [5, 5.41) is 9.30. The van der Waals surface area contributed by atoms with Gasteiger partial charge in [0.2, 0.25) is 0 Å². The molecule has 0 aliphatic heterocycles. The Morgan fingerprint density at radius 3 is 2.53 bits per heavy atom. The number of Topliss-reactive ketones (excluding diaryl/α,β-unsaturated/α-hetero) is 1. The molecule has 1 saturated carbocycles. The van der Waals surface area contributed by atoms with Gasteiger partial charge in [-0.25, -0.2) is 0 Å². The average molecular weight is 257 g/mol. The maximum absolute atomic E-state index is 12.6. The first-order valence-corrected chi connectivity index (χ1v) is 6.68. The lowest BCUT2D eigenvalue weighted by Crippen LogP contribution is -2.36. The first-order chi connectivity index (χ1) is 9.04. The summed E-state index contributed by atoms with van der Waals surface area (Å²) in [5.74, 6) is 0.827. The maximum Gasteiger partial charge on any atom is 0.186 e. The van der Waals surface area contributed by atoms with Gasteiger partial charge in [-0.2, -0.15) is 5.26 Å². The number of benzene rings is 1. The molecule has 0 saturated heterocycles. The minimum Gasteiger partial charge on any atom is -0.496 e. The van der Waals surface area contributed by atoms with E-state index in [4.69, 9.17) is 4.74 Å². The first kappa shape index (κ1) is 13.6. The second-order valence-corrected chi connectivity index (χ2v) is 5.49. The molecule has 0 atom stereocenters. The lowest BCUT2D eigenvalue weighted by Gasteiger charge is -2.33. The number of hydrogen-bond acceptors (Lipinski definition) is 3. The lowest BCUT2D eigenvalue weighted by molar-refractivity contribution is 0.0745. The molecular formula is C16H19NO2. The van der Waals surface area contributed by atoms with E-state index < -0.39 is 5.41 Å². The Hall–Kier alpha value is -1.82. The van der Waals surface area contributed by atoms with E-state index in [1.165, 1.54) is 0 Å². The predicted octanol–water partition coefficient (Wildman–Crippen LogP) is 3.70. The zero-order valence-electron chi connectivity index (χ0n) is 11.7. The van der Waals surface area contributed by atoms with Gasteiger partial charge in [-0.1, -0.05) is 19.9 Å². The highest BCUT2D eigenvalue weighted by Gasteiger charge is 2.45. The molecule has 0 radical (unpaired) electrons. The fourth-order valence-corrected chi connectivity index (χ4v) is 2.44. The van der Waals surface area contributed by atoms with Crippen LogP contribution >= 0.6 is 0 Å². The van der Waals surface area contributed by atoms with Gasteiger partial charge in [0.1, 0.15) is 11.2 Å². The van der Waals surface area contributed by atoms with Crippen LogP contribution in [0.1, 0.15) is 54.9 Å². The SMILES string of the molecule is COc1ccc(C(C)C)cc1C(=O)C1(C#N)CCC1. The lowest BCUT2D eigenvalue weighted by atomic mass is 9.65. The monoisotopic (exact) mass is 257 g/mol.